The zero-order valence-corrected chi connectivity index (χ0v) is 25.0. The molecule has 218 valence electrons. The van der Waals surface area contributed by atoms with E-state index in [-0.39, 0.29) is 0 Å². The van der Waals surface area contributed by atoms with Crippen LogP contribution in [0.15, 0.2) is 109 Å². The van der Waals surface area contributed by atoms with Gasteiger partial charge in [0.2, 0.25) is 0 Å². The Labute approximate surface area is 274 Å². The number of nitrogens with zero attached hydrogens (tertiary/aromatic N) is 8. The summed E-state index contributed by atoms with van der Waals surface area (Å²) in [5, 5.41) is 32.4. The Balaban J connectivity index is 1.55. The van der Waals surface area contributed by atoms with Gasteiger partial charge in [0.1, 0.15) is 0 Å². The van der Waals surface area contributed by atoms with Crippen molar-refractivity contribution < 1.29 is 0 Å². The fraction of sp³-hybridized carbons (Fsp3) is 0. The summed E-state index contributed by atoms with van der Waals surface area (Å²) in [7, 11) is 0. The number of pyridine rings is 1. The van der Waals surface area contributed by atoms with Gasteiger partial charge < -0.3 is 9.13 Å². The molecule has 5 aromatic carbocycles. The average Bonchev–Trinajstić information content (AvgIpc) is 3.65. The number of rotatable bonds is 3. The minimum absolute atomic E-state index is 0.493. The molecule has 8 aromatic rings. The summed E-state index contributed by atoms with van der Waals surface area (Å²) < 4.78 is 4.20. The van der Waals surface area contributed by atoms with Gasteiger partial charge in [-0.15, -0.1) is 0 Å². The molecule has 0 fully saturated rings. The molecule has 8 nitrogen and oxygen atoms in total. The molecule has 0 aliphatic heterocycles. The molecule has 0 amide bonds. The first-order valence-corrected chi connectivity index (χ1v) is 14.8. The molecule has 8 rings (SSSR count). The number of fused-ring (bicyclic) bond motifs is 6. The third kappa shape index (κ3) is 4.08. The lowest BCUT2D eigenvalue weighted by atomic mass is 10.0. The third-order valence-corrected chi connectivity index (χ3v) is 8.70. The van der Waals surface area contributed by atoms with E-state index >= 15 is 0 Å². The van der Waals surface area contributed by atoms with E-state index in [0.29, 0.717) is 28.1 Å². The largest absolute Gasteiger partial charge is 0.307 e. The van der Waals surface area contributed by atoms with Crippen molar-refractivity contribution in [2.45, 2.75) is 0 Å². The van der Waals surface area contributed by atoms with Crippen LogP contribution in [0.5, 0.6) is 0 Å². The SMILES string of the molecule is [C-]#[N+]c1ccc2c(c1)c1cc([N+]#[C-])ccc1n2-c1cncc(-n2c3ccc(C#N)cc3c3cc(C#N)ccc32)c1-c1ccc(C#N)cc1. The molecule has 0 unspecified atom stereocenters. The molecule has 0 spiro atoms. The second-order valence-electron chi connectivity index (χ2n) is 11.2. The number of hydrogen-bond donors (Lipinski definition) is 0. The molecule has 0 aliphatic carbocycles. The van der Waals surface area contributed by atoms with Crippen LogP contribution in [0.4, 0.5) is 11.4 Å². The number of benzene rings is 5. The molecule has 0 saturated carbocycles. The van der Waals surface area contributed by atoms with Crippen molar-refractivity contribution in [3.63, 3.8) is 0 Å². The van der Waals surface area contributed by atoms with Crippen LogP contribution >= 0.6 is 0 Å². The summed E-state index contributed by atoms with van der Waals surface area (Å²) in [6, 6.07) is 36.2. The lowest BCUT2D eigenvalue weighted by molar-refractivity contribution is 1.09. The van der Waals surface area contributed by atoms with Crippen molar-refractivity contribution in [1.82, 2.24) is 14.1 Å². The Morgan fingerprint density at radius 3 is 1.31 bits per heavy atom. The molecule has 0 aliphatic rings. The van der Waals surface area contributed by atoms with Gasteiger partial charge in [0, 0.05) is 16.3 Å². The molecule has 0 bridgehead atoms. The van der Waals surface area contributed by atoms with Crippen molar-refractivity contribution in [2.24, 2.45) is 0 Å². The van der Waals surface area contributed by atoms with Crippen molar-refractivity contribution in [1.29, 1.82) is 15.8 Å². The molecular formula is C40H18N8. The minimum Gasteiger partial charge on any atom is -0.307 e. The number of nitriles is 3. The van der Waals surface area contributed by atoms with E-state index in [1.165, 1.54) is 0 Å². The van der Waals surface area contributed by atoms with E-state index in [9.17, 15) is 15.8 Å². The fourth-order valence-electron chi connectivity index (χ4n) is 6.60. The highest BCUT2D eigenvalue weighted by molar-refractivity contribution is 6.13. The summed E-state index contributed by atoms with van der Waals surface area (Å²) >= 11 is 0. The van der Waals surface area contributed by atoms with Gasteiger partial charge in [-0.3, -0.25) is 4.98 Å². The van der Waals surface area contributed by atoms with E-state index in [1.54, 1.807) is 48.8 Å². The van der Waals surface area contributed by atoms with Gasteiger partial charge in [-0.05, 0) is 89.1 Å². The van der Waals surface area contributed by atoms with Gasteiger partial charge in [0.15, 0.2) is 11.4 Å². The Morgan fingerprint density at radius 2 is 0.896 bits per heavy atom. The molecule has 0 radical (unpaired) electrons. The summed E-state index contributed by atoms with van der Waals surface area (Å²) in [5.74, 6) is 0. The maximum Gasteiger partial charge on any atom is 0.188 e. The zero-order valence-electron chi connectivity index (χ0n) is 25.0. The summed E-state index contributed by atoms with van der Waals surface area (Å²) in [5.41, 5.74) is 9.03. The maximum atomic E-state index is 9.73. The van der Waals surface area contributed by atoms with E-state index in [1.807, 2.05) is 60.7 Å². The van der Waals surface area contributed by atoms with Crippen LogP contribution < -0.4 is 0 Å². The van der Waals surface area contributed by atoms with Crippen LogP contribution in [-0.4, -0.2) is 14.1 Å². The molecule has 0 saturated heterocycles. The first-order chi connectivity index (χ1) is 23.6. The predicted octanol–water partition coefficient (Wildman–Crippen LogP) is 9.66. The Hall–Kier alpha value is -7.70. The van der Waals surface area contributed by atoms with Crippen molar-refractivity contribution >= 4 is 55.0 Å². The highest BCUT2D eigenvalue weighted by Crippen LogP contribution is 2.43. The van der Waals surface area contributed by atoms with Crippen LogP contribution in [0.1, 0.15) is 16.7 Å². The quantitative estimate of drug-likeness (QED) is 0.186. The van der Waals surface area contributed by atoms with Gasteiger partial charge >= 0.3 is 0 Å². The van der Waals surface area contributed by atoms with Gasteiger partial charge in [-0.2, -0.15) is 15.8 Å². The first kappa shape index (κ1) is 27.8. The van der Waals surface area contributed by atoms with Crippen LogP contribution in [0.3, 0.4) is 0 Å². The molecule has 3 heterocycles. The molecule has 48 heavy (non-hydrogen) atoms. The topological polar surface area (TPSA) is 103 Å². The van der Waals surface area contributed by atoms with Crippen molar-refractivity contribution in [3.8, 4) is 40.7 Å². The molecule has 8 heteroatoms. The van der Waals surface area contributed by atoms with Gasteiger partial charge in [0.25, 0.3) is 0 Å². The minimum atomic E-state index is 0.493. The Morgan fingerprint density at radius 1 is 0.500 bits per heavy atom. The standard InChI is InChI=1S/C40H18N8/c1-44-28-9-13-36-32(17-28)33-18-29(45-2)10-14-37(33)48(36)39-23-46-22-38(40(39)27-7-3-24(19-41)4-8-27)47-34-11-5-25(20-42)15-30(34)31-16-26(21-43)6-12-35(31)47/h3-18,22-23H. The fourth-order valence-corrected chi connectivity index (χ4v) is 6.60. The highest BCUT2D eigenvalue weighted by Gasteiger charge is 2.23. The second kappa shape index (κ2) is 10.7. The molecular weight excluding hydrogens is 592 g/mol. The molecule has 0 N–H and O–H groups in total. The van der Waals surface area contributed by atoms with E-state index in [0.717, 1.165) is 66.1 Å². The van der Waals surface area contributed by atoms with E-state index in [2.05, 4.69) is 37.0 Å². The lowest BCUT2D eigenvalue weighted by Gasteiger charge is -2.19. The maximum absolute atomic E-state index is 9.73. The van der Waals surface area contributed by atoms with Crippen molar-refractivity contribution in [3.05, 3.63) is 149 Å². The van der Waals surface area contributed by atoms with E-state index < -0.39 is 0 Å². The Bertz CT molecular complexity index is 2580. The first-order valence-electron chi connectivity index (χ1n) is 14.8. The van der Waals surface area contributed by atoms with Crippen LogP contribution in [0.2, 0.25) is 0 Å². The number of aromatic nitrogens is 3. The smallest absolute Gasteiger partial charge is 0.188 e. The van der Waals surface area contributed by atoms with Gasteiger partial charge in [0.05, 0.1) is 93.9 Å². The third-order valence-electron chi connectivity index (χ3n) is 8.70. The van der Waals surface area contributed by atoms with Gasteiger partial charge in [-0.25, -0.2) is 9.69 Å². The lowest BCUT2D eigenvalue weighted by Crippen LogP contribution is -2.05. The highest BCUT2D eigenvalue weighted by atomic mass is 15.0. The summed E-state index contributed by atoms with van der Waals surface area (Å²) in [6.45, 7) is 15.3. The van der Waals surface area contributed by atoms with Crippen molar-refractivity contribution in [2.75, 3.05) is 0 Å². The Kier molecular flexibility index (Phi) is 6.22. The molecule has 0 atom stereocenters. The average molecular weight is 611 g/mol. The summed E-state index contributed by atoms with van der Waals surface area (Å²) in [4.78, 5) is 12.1. The van der Waals surface area contributed by atoms with Crippen LogP contribution in [0.25, 0.3) is 75.8 Å². The second-order valence-corrected chi connectivity index (χ2v) is 11.2. The normalized spacial score (nSPS) is 10.8. The van der Waals surface area contributed by atoms with Crippen LogP contribution in [0, 0.1) is 47.1 Å². The van der Waals surface area contributed by atoms with Gasteiger partial charge in [-0.1, -0.05) is 24.3 Å². The zero-order chi connectivity index (χ0) is 32.9. The predicted molar refractivity (Wildman–Crippen MR) is 185 cm³/mol. The summed E-state index contributed by atoms with van der Waals surface area (Å²) in [6.07, 6.45) is 3.60. The van der Waals surface area contributed by atoms with Crippen LogP contribution in [-0.2, 0) is 0 Å². The number of hydrogen-bond acceptors (Lipinski definition) is 4. The molecule has 3 aromatic heterocycles. The monoisotopic (exact) mass is 610 g/mol. The van der Waals surface area contributed by atoms with E-state index in [4.69, 9.17) is 18.1 Å².